The van der Waals surface area contributed by atoms with Crippen LogP contribution in [0.5, 0.6) is 0 Å². The molecule has 2 fully saturated rings. The van der Waals surface area contributed by atoms with E-state index in [0.29, 0.717) is 23.1 Å². The molecule has 0 radical (unpaired) electrons. The summed E-state index contributed by atoms with van der Waals surface area (Å²) in [5.74, 6) is 0.676. The quantitative estimate of drug-likeness (QED) is 0.645. The number of hydrogen-bond donors (Lipinski definition) is 0. The van der Waals surface area contributed by atoms with Gasteiger partial charge in [0.05, 0.1) is 29.6 Å². The zero-order valence-corrected chi connectivity index (χ0v) is 17.0. The Bertz CT molecular complexity index is 1170. The maximum Gasteiger partial charge on any atom is 0.183 e. The van der Waals surface area contributed by atoms with Crippen molar-refractivity contribution in [2.45, 2.75) is 31.3 Å². The third kappa shape index (κ3) is 3.60. The smallest absolute Gasteiger partial charge is 0.183 e. The van der Waals surface area contributed by atoms with Gasteiger partial charge in [-0.15, -0.1) is 5.10 Å². The Morgan fingerprint density at radius 3 is 2.81 bits per heavy atom. The van der Waals surface area contributed by atoms with Crippen molar-refractivity contribution < 1.29 is 0 Å². The molecule has 0 saturated carbocycles. The second-order valence-electron chi connectivity index (χ2n) is 7.87. The Balaban J connectivity index is 1.36. The first-order valence-electron chi connectivity index (χ1n) is 10.4. The summed E-state index contributed by atoms with van der Waals surface area (Å²) in [6.45, 7) is 2.48. The van der Waals surface area contributed by atoms with Crippen molar-refractivity contribution in [3.05, 3.63) is 59.8 Å². The molecule has 1 aromatic carbocycles. The van der Waals surface area contributed by atoms with E-state index in [9.17, 15) is 5.26 Å². The number of aromatic nitrogens is 5. The normalized spacial score (nSPS) is 21.2. The molecule has 9 nitrogen and oxygen atoms in total. The minimum Gasteiger partial charge on any atom is -0.351 e. The Hall–Kier alpha value is -3.82. The van der Waals surface area contributed by atoms with Crippen LogP contribution in [0.2, 0.25) is 0 Å². The van der Waals surface area contributed by atoms with Crippen LogP contribution in [0.1, 0.15) is 42.3 Å². The highest BCUT2D eigenvalue weighted by Gasteiger charge is 2.37. The second kappa shape index (κ2) is 8.13. The van der Waals surface area contributed by atoms with E-state index in [1.165, 1.54) is 0 Å². The highest BCUT2D eigenvalue weighted by molar-refractivity contribution is 5.50. The lowest BCUT2D eigenvalue weighted by Crippen LogP contribution is -2.56. The first kappa shape index (κ1) is 19.2. The number of piperidine rings is 1. The number of fused-ring (bicyclic) bond motifs is 1. The number of nitriles is 2. The zero-order valence-electron chi connectivity index (χ0n) is 17.0. The van der Waals surface area contributed by atoms with Crippen molar-refractivity contribution in [2.75, 3.05) is 24.5 Å². The summed E-state index contributed by atoms with van der Waals surface area (Å²) >= 11 is 0. The van der Waals surface area contributed by atoms with Crippen molar-refractivity contribution in [2.24, 2.45) is 0 Å². The summed E-state index contributed by atoms with van der Waals surface area (Å²) in [5.41, 5.74) is 2.77. The molecule has 4 heterocycles. The van der Waals surface area contributed by atoms with E-state index < -0.39 is 0 Å². The molecular formula is C22H21N9. The molecule has 5 rings (SSSR count). The fourth-order valence-corrected chi connectivity index (χ4v) is 4.67. The molecule has 3 aromatic rings. The van der Waals surface area contributed by atoms with Crippen molar-refractivity contribution in [1.29, 1.82) is 10.5 Å². The molecule has 9 heteroatoms. The zero-order chi connectivity index (χ0) is 21.2. The molecule has 2 aliphatic heterocycles. The molecule has 2 atom stereocenters. The summed E-state index contributed by atoms with van der Waals surface area (Å²) in [4.78, 5) is 13.3. The van der Waals surface area contributed by atoms with Gasteiger partial charge in [0.25, 0.3) is 0 Å². The van der Waals surface area contributed by atoms with Gasteiger partial charge in [-0.05, 0) is 37.5 Å². The third-order valence-corrected chi connectivity index (χ3v) is 6.12. The van der Waals surface area contributed by atoms with Gasteiger partial charge in [-0.1, -0.05) is 11.3 Å². The molecule has 2 saturated heterocycles. The minimum absolute atomic E-state index is 0.214. The Labute approximate surface area is 180 Å². The van der Waals surface area contributed by atoms with Crippen LogP contribution in [0.25, 0.3) is 5.69 Å². The van der Waals surface area contributed by atoms with Gasteiger partial charge in [0.1, 0.15) is 11.8 Å². The lowest BCUT2D eigenvalue weighted by atomic mass is 9.92. The van der Waals surface area contributed by atoms with Gasteiger partial charge in [-0.3, -0.25) is 4.90 Å². The molecule has 2 aliphatic rings. The summed E-state index contributed by atoms with van der Waals surface area (Å²) in [7, 11) is 0. The highest BCUT2D eigenvalue weighted by Crippen LogP contribution is 2.36. The van der Waals surface area contributed by atoms with Crippen LogP contribution in [-0.2, 0) is 0 Å². The van der Waals surface area contributed by atoms with Gasteiger partial charge in [0.15, 0.2) is 11.5 Å². The largest absolute Gasteiger partial charge is 0.351 e. The van der Waals surface area contributed by atoms with Gasteiger partial charge >= 0.3 is 0 Å². The predicted molar refractivity (Wildman–Crippen MR) is 112 cm³/mol. The number of benzene rings is 1. The maximum absolute atomic E-state index is 9.38. The molecule has 0 unspecified atom stereocenters. The van der Waals surface area contributed by atoms with Crippen LogP contribution in [0.15, 0.2) is 42.9 Å². The summed E-state index contributed by atoms with van der Waals surface area (Å²) < 4.78 is 1.74. The molecule has 31 heavy (non-hydrogen) atoms. The first-order valence-corrected chi connectivity index (χ1v) is 10.4. The van der Waals surface area contributed by atoms with Crippen molar-refractivity contribution in [1.82, 2.24) is 29.9 Å². The standard InChI is InChI=1S/C22H21N9/c23-12-16-3-1-4-17(11-16)31-15-20(27-28-31)21-6-2-5-18-14-29(9-10-30(18)21)22-19(13-24)25-7-8-26-22/h1,3-4,7-8,11,15,18,21H,2,5-6,9-10,14H2/t18-,21+/m0/s1. The fraction of sp³-hybridized carbons (Fsp3) is 0.364. The van der Waals surface area contributed by atoms with E-state index in [1.54, 1.807) is 23.1 Å². The Morgan fingerprint density at radius 1 is 1.03 bits per heavy atom. The second-order valence-corrected chi connectivity index (χ2v) is 7.87. The number of hydrogen-bond acceptors (Lipinski definition) is 8. The van der Waals surface area contributed by atoms with E-state index in [2.05, 4.69) is 42.2 Å². The molecular weight excluding hydrogens is 390 g/mol. The maximum atomic E-state index is 9.38. The van der Waals surface area contributed by atoms with Crippen LogP contribution in [0.4, 0.5) is 5.82 Å². The number of piperazine rings is 1. The summed E-state index contributed by atoms with van der Waals surface area (Å²) in [6, 6.07) is 12.3. The molecule has 2 aromatic heterocycles. The molecule has 0 aliphatic carbocycles. The van der Waals surface area contributed by atoms with Gasteiger partial charge in [-0.2, -0.15) is 10.5 Å². The summed E-state index contributed by atoms with van der Waals surface area (Å²) in [6.07, 6.45) is 8.44. The van der Waals surface area contributed by atoms with Crippen LogP contribution in [0, 0.1) is 22.7 Å². The topological polar surface area (TPSA) is 111 Å². The lowest BCUT2D eigenvalue weighted by Gasteiger charge is -2.48. The number of anilines is 1. The van der Waals surface area contributed by atoms with Gasteiger partial charge in [-0.25, -0.2) is 14.6 Å². The van der Waals surface area contributed by atoms with E-state index in [4.69, 9.17) is 5.26 Å². The van der Waals surface area contributed by atoms with E-state index in [0.717, 1.165) is 50.3 Å². The molecule has 154 valence electrons. The number of rotatable bonds is 3. The molecule has 0 spiro atoms. The SMILES string of the molecule is N#Cc1cccc(-n2cc([C@H]3CCC[C@H]4CN(c5nccnc5C#N)CCN43)nn2)c1. The fourth-order valence-electron chi connectivity index (χ4n) is 4.67. The average molecular weight is 411 g/mol. The summed E-state index contributed by atoms with van der Waals surface area (Å²) in [5, 5.41) is 27.3. The van der Waals surface area contributed by atoms with Crippen molar-refractivity contribution >= 4 is 5.82 Å². The van der Waals surface area contributed by atoms with Gasteiger partial charge in [0, 0.05) is 38.1 Å². The van der Waals surface area contributed by atoms with Crippen LogP contribution in [-0.4, -0.2) is 55.5 Å². The highest BCUT2D eigenvalue weighted by atomic mass is 15.4. The first-order chi connectivity index (χ1) is 15.3. The lowest BCUT2D eigenvalue weighted by molar-refractivity contribution is 0.0691. The predicted octanol–water partition coefficient (Wildman–Crippen LogP) is 2.22. The van der Waals surface area contributed by atoms with Crippen LogP contribution >= 0.6 is 0 Å². The van der Waals surface area contributed by atoms with E-state index in [-0.39, 0.29) is 6.04 Å². The van der Waals surface area contributed by atoms with Gasteiger partial charge < -0.3 is 4.90 Å². The molecule has 0 bridgehead atoms. The van der Waals surface area contributed by atoms with E-state index >= 15 is 0 Å². The average Bonchev–Trinajstić information content (AvgIpc) is 3.33. The van der Waals surface area contributed by atoms with Crippen LogP contribution < -0.4 is 4.90 Å². The number of nitrogens with zero attached hydrogens (tertiary/aromatic N) is 9. The minimum atomic E-state index is 0.214. The Morgan fingerprint density at radius 2 is 1.94 bits per heavy atom. The van der Waals surface area contributed by atoms with Crippen molar-refractivity contribution in [3.8, 4) is 17.8 Å². The van der Waals surface area contributed by atoms with Crippen molar-refractivity contribution in [3.63, 3.8) is 0 Å². The molecule has 0 N–H and O–H groups in total. The van der Waals surface area contributed by atoms with Gasteiger partial charge in [0.2, 0.25) is 0 Å². The molecule has 0 amide bonds. The van der Waals surface area contributed by atoms with E-state index in [1.807, 2.05) is 24.4 Å². The third-order valence-electron chi connectivity index (χ3n) is 6.12. The Kier molecular flexibility index (Phi) is 5.03. The van der Waals surface area contributed by atoms with Crippen LogP contribution in [0.3, 0.4) is 0 Å². The monoisotopic (exact) mass is 411 g/mol.